The zero-order chi connectivity index (χ0) is 21.0. The number of hydrogen-bond donors (Lipinski definition) is 3. The van der Waals surface area contributed by atoms with E-state index in [2.05, 4.69) is 22.5 Å². The van der Waals surface area contributed by atoms with Gasteiger partial charge in [-0.3, -0.25) is 14.9 Å². The van der Waals surface area contributed by atoms with Crippen LogP contribution in [0.5, 0.6) is 5.75 Å². The minimum Gasteiger partial charge on any atom is -0.492 e. The first-order valence-corrected chi connectivity index (χ1v) is 9.35. The Bertz CT molecular complexity index is 978. The standard InChI is InChI=1S/C20H20N4O4S/c1-3-28-16-10-5-4-9-15(16)22-19(25)17-12(2)21-20(29)23-18(17)13-7-6-8-14(11-13)24(26)27/h4-11,17-18H,2-3H2,1H3,(H,22,25)(H2,21,23,29)/t17-,18+/m1/s1. The molecule has 0 bridgehead atoms. The molecule has 0 aromatic heterocycles. The number of carbonyl (C=O) groups excluding carboxylic acids is 1. The molecule has 2 aromatic rings. The molecule has 9 heteroatoms. The highest BCUT2D eigenvalue weighted by Gasteiger charge is 2.37. The maximum Gasteiger partial charge on any atom is 0.269 e. The SMILES string of the molecule is C=C1NC(=S)N[C@@H](c2cccc([N+](=O)[O-])c2)[C@@H]1C(=O)Nc1ccccc1OCC. The number of rotatable bonds is 6. The van der Waals surface area contributed by atoms with Crippen molar-refractivity contribution in [1.29, 1.82) is 0 Å². The van der Waals surface area contributed by atoms with Crippen LogP contribution >= 0.6 is 12.2 Å². The molecule has 1 fully saturated rings. The van der Waals surface area contributed by atoms with Crippen molar-refractivity contribution in [2.45, 2.75) is 13.0 Å². The number of amides is 1. The summed E-state index contributed by atoms with van der Waals surface area (Å²) in [6.45, 7) is 6.25. The van der Waals surface area contributed by atoms with Crippen LogP contribution in [0.1, 0.15) is 18.5 Å². The van der Waals surface area contributed by atoms with Gasteiger partial charge in [-0.1, -0.05) is 30.8 Å². The molecular formula is C20H20N4O4S. The third-order valence-electron chi connectivity index (χ3n) is 4.44. The molecule has 0 radical (unpaired) electrons. The third-order valence-corrected chi connectivity index (χ3v) is 4.66. The van der Waals surface area contributed by atoms with Gasteiger partial charge in [-0.15, -0.1) is 0 Å². The zero-order valence-electron chi connectivity index (χ0n) is 15.7. The number of para-hydroxylation sites is 2. The van der Waals surface area contributed by atoms with Crippen molar-refractivity contribution in [3.8, 4) is 5.75 Å². The lowest BCUT2D eigenvalue weighted by atomic mass is 9.88. The van der Waals surface area contributed by atoms with Gasteiger partial charge in [-0.2, -0.15) is 0 Å². The van der Waals surface area contributed by atoms with Gasteiger partial charge in [0.15, 0.2) is 5.11 Å². The van der Waals surface area contributed by atoms with E-state index in [0.29, 0.717) is 34.4 Å². The minimum absolute atomic E-state index is 0.0692. The Hall–Kier alpha value is -3.46. The Kier molecular flexibility index (Phi) is 6.08. The Balaban J connectivity index is 1.93. The van der Waals surface area contributed by atoms with E-state index in [9.17, 15) is 14.9 Å². The van der Waals surface area contributed by atoms with E-state index < -0.39 is 16.9 Å². The number of nitrogens with zero attached hydrogens (tertiary/aromatic N) is 1. The number of nitrogens with one attached hydrogen (secondary N) is 3. The first-order chi connectivity index (χ1) is 13.9. The van der Waals surface area contributed by atoms with Crippen molar-refractivity contribution in [2.75, 3.05) is 11.9 Å². The molecule has 0 aliphatic carbocycles. The molecule has 2 aromatic carbocycles. The Morgan fingerprint density at radius 2 is 2.07 bits per heavy atom. The fraction of sp³-hybridized carbons (Fsp3) is 0.200. The molecule has 0 unspecified atom stereocenters. The van der Waals surface area contributed by atoms with Crippen LogP contribution in [0.2, 0.25) is 0 Å². The average Bonchev–Trinajstić information content (AvgIpc) is 2.69. The van der Waals surface area contributed by atoms with E-state index in [1.807, 2.05) is 13.0 Å². The molecule has 8 nitrogen and oxygen atoms in total. The molecule has 1 amide bonds. The maximum absolute atomic E-state index is 13.2. The smallest absolute Gasteiger partial charge is 0.269 e. The molecule has 1 heterocycles. The summed E-state index contributed by atoms with van der Waals surface area (Å²) < 4.78 is 5.56. The summed E-state index contributed by atoms with van der Waals surface area (Å²) >= 11 is 5.20. The van der Waals surface area contributed by atoms with Crippen molar-refractivity contribution < 1.29 is 14.5 Å². The van der Waals surface area contributed by atoms with Gasteiger partial charge in [0.05, 0.1) is 23.3 Å². The number of ether oxygens (including phenoxy) is 1. The van der Waals surface area contributed by atoms with Crippen LogP contribution in [0.4, 0.5) is 11.4 Å². The van der Waals surface area contributed by atoms with Gasteiger partial charge in [0, 0.05) is 17.8 Å². The molecule has 2 atom stereocenters. The molecule has 0 saturated carbocycles. The molecule has 1 aliphatic heterocycles. The first kappa shape index (κ1) is 20.3. The predicted molar refractivity (Wildman–Crippen MR) is 114 cm³/mol. The summed E-state index contributed by atoms with van der Waals surface area (Å²) in [7, 11) is 0. The van der Waals surface area contributed by atoms with Crippen molar-refractivity contribution in [3.63, 3.8) is 0 Å². The minimum atomic E-state index is -0.765. The van der Waals surface area contributed by atoms with Gasteiger partial charge in [-0.25, -0.2) is 0 Å². The maximum atomic E-state index is 13.2. The third kappa shape index (κ3) is 4.52. The van der Waals surface area contributed by atoms with Gasteiger partial charge < -0.3 is 20.7 Å². The van der Waals surface area contributed by atoms with E-state index in [1.165, 1.54) is 12.1 Å². The number of anilines is 1. The fourth-order valence-corrected chi connectivity index (χ4v) is 3.42. The topological polar surface area (TPSA) is 106 Å². The second-order valence-corrected chi connectivity index (χ2v) is 6.76. The number of hydrogen-bond acceptors (Lipinski definition) is 5. The number of non-ortho nitro benzene ring substituents is 1. The lowest BCUT2D eigenvalue weighted by molar-refractivity contribution is -0.384. The fourth-order valence-electron chi connectivity index (χ4n) is 3.16. The lowest BCUT2D eigenvalue weighted by Gasteiger charge is -2.35. The molecule has 3 rings (SSSR count). The molecule has 150 valence electrons. The molecule has 1 saturated heterocycles. The van der Waals surface area contributed by atoms with Crippen LogP contribution in [0.15, 0.2) is 60.8 Å². The number of nitro benzene ring substituents is 1. The van der Waals surface area contributed by atoms with Gasteiger partial charge >= 0.3 is 0 Å². The number of nitro groups is 1. The first-order valence-electron chi connectivity index (χ1n) is 8.94. The van der Waals surface area contributed by atoms with Crippen LogP contribution < -0.4 is 20.7 Å². The number of carbonyl (C=O) groups is 1. The Morgan fingerprint density at radius 3 is 2.79 bits per heavy atom. The number of benzene rings is 2. The van der Waals surface area contributed by atoms with Gasteiger partial charge in [0.2, 0.25) is 5.91 Å². The van der Waals surface area contributed by atoms with E-state index >= 15 is 0 Å². The van der Waals surface area contributed by atoms with Crippen molar-refractivity contribution in [2.24, 2.45) is 5.92 Å². The predicted octanol–water partition coefficient (Wildman–Crippen LogP) is 3.28. The lowest BCUT2D eigenvalue weighted by Crippen LogP contribution is -2.51. The van der Waals surface area contributed by atoms with Gasteiger partial charge in [-0.05, 0) is 36.8 Å². The molecular weight excluding hydrogens is 392 g/mol. The summed E-state index contributed by atoms with van der Waals surface area (Å²) in [6, 6.07) is 12.6. The van der Waals surface area contributed by atoms with Crippen molar-refractivity contribution in [3.05, 3.63) is 76.5 Å². The summed E-state index contributed by atoms with van der Waals surface area (Å²) in [5.74, 6) is -0.562. The normalized spacial score (nSPS) is 18.4. The molecule has 1 aliphatic rings. The Labute approximate surface area is 173 Å². The van der Waals surface area contributed by atoms with Crippen molar-refractivity contribution in [1.82, 2.24) is 10.6 Å². The van der Waals surface area contributed by atoms with E-state index in [0.717, 1.165) is 0 Å². The summed E-state index contributed by atoms with van der Waals surface area (Å²) in [6.07, 6.45) is 0. The van der Waals surface area contributed by atoms with Gasteiger partial charge in [0.1, 0.15) is 11.7 Å². The van der Waals surface area contributed by atoms with E-state index in [-0.39, 0.29) is 11.6 Å². The highest BCUT2D eigenvalue weighted by atomic mass is 32.1. The summed E-state index contributed by atoms with van der Waals surface area (Å²) in [5.41, 5.74) is 1.41. The highest BCUT2D eigenvalue weighted by molar-refractivity contribution is 7.80. The van der Waals surface area contributed by atoms with Crippen LogP contribution in [0, 0.1) is 16.0 Å². The van der Waals surface area contributed by atoms with Gasteiger partial charge in [0.25, 0.3) is 5.69 Å². The average molecular weight is 412 g/mol. The monoisotopic (exact) mass is 412 g/mol. The van der Waals surface area contributed by atoms with Crippen LogP contribution in [-0.2, 0) is 4.79 Å². The summed E-state index contributed by atoms with van der Waals surface area (Å²) in [4.78, 5) is 23.8. The van der Waals surface area contributed by atoms with E-state index in [1.54, 1.807) is 30.3 Å². The number of thiocarbonyl (C=S) groups is 1. The second-order valence-electron chi connectivity index (χ2n) is 6.35. The Morgan fingerprint density at radius 1 is 1.31 bits per heavy atom. The quantitative estimate of drug-likeness (QED) is 0.380. The van der Waals surface area contributed by atoms with Crippen molar-refractivity contribution >= 4 is 34.6 Å². The van der Waals surface area contributed by atoms with Crippen LogP contribution in [0.3, 0.4) is 0 Å². The molecule has 0 spiro atoms. The zero-order valence-corrected chi connectivity index (χ0v) is 16.5. The highest BCUT2D eigenvalue weighted by Crippen LogP contribution is 2.33. The molecule has 29 heavy (non-hydrogen) atoms. The second kappa shape index (κ2) is 8.70. The molecule has 3 N–H and O–H groups in total. The largest absolute Gasteiger partial charge is 0.492 e. The van der Waals surface area contributed by atoms with E-state index in [4.69, 9.17) is 17.0 Å². The van der Waals surface area contributed by atoms with Crippen LogP contribution in [0.25, 0.3) is 0 Å². The van der Waals surface area contributed by atoms with Crippen LogP contribution in [-0.4, -0.2) is 22.5 Å². The summed E-state index contributed by atoms with van der Waals surface area (Å²) in [5, 5.41) is 20.2.